The summed E-state index contributed by atoms with van der Waals surface area (Å²) < 4.78 is 0. The molecule has 0 aliphatic carbocycles. The Labute approximate surface area is 121 Å². The van der Waals surface area contributed by atoms with Crippen LogP contribution in [0.5, 0.6) is 0 Å². The lowest BCUT2D eigenvalue weighted by Crippen LogP contribution is -2.27. The molecule has 0 bridgehead atoms. The van der Waals surface area contributed by atoms with Gasteiger partial charge in [-0.25, -0.2) is 15.8 Å². The Morgan fingerprint density at radius 2 is 2.10 bits per heavy atom. The number of nitrogen functional groups attached to an aromatic ring is 1. The number of nitrogens with one attached hydrogen (secondary N) is 2. The Kier molecular flexibility index (Phi) is 4.31. The summed E-state index contributed by atoms with van der Waals surface area (Å²) in [5.74, 6) is 5.50. The molecule has 4 N–H and O–H groups in total. The van der Waals surface area contributed by atoms with E-state index in [1.807, 2.05) is 20.8 Å². The van der Waals surface area contributed by atoms with Crippen LogP contribution in [0.4, 0.5) is 5.82 Å². The van der Waals surface area contributed by atoms with Gasteiger partial charge in [0, 0.05) is 4.88 Å². The lowest BCUT2D eigenvalue weighted by molar-refractivity contribution is 0.0935. The summed E-state index contributed by atoms with van der Waals surface area (Å²) in [6.07, 6.45) is 0. The van der Waals surface area contributed by atoms with Crippen LogP contribution < -0.4 is 16.6 Å². The smallest absolute Gasteiger partial charge is 0.270 e. The number of hydrazine groups is 1. The number of nitrogens with zero attached hydrogens (tertiary/aromatic N) is 2. The van der Waals surface area contributed by atoms with E-state index < -0.39 is 0 Å². The van der Waals surface area contributed by atoms with Gasteiger partial charge in [-0.05, 0) is 32.9 Å². The molecule has 20 heavy (non-hydrogen) atoms. The fourth-order valence-corrected chi connectivity index (χ4v) is 2.86. The van der Waals surface area contributed by atoms with Crippen LogP contribution in [0.15, 0.2) is 18.2 Å². The van der Waals surface area contributed by atoms with Gasteiger partial charge in [-0.15, -0.1) is 11.3 Å². The zero-order valence-electron chi connectivity index (χ0n) is 11.6. The Balaban J connectivity index is 2.12. The predicted molar refractivity (Wildman–Crippen MR) is 79.5 cm³/mol. The molecule has 2 rings (SSSR count). The predicted octanol–water partition coefficient (Wildman–Crippen LogP) is 1.93. The van der Waals surface area contributed by atoms with Gasteiger partial charge >= 0.3 is 0 Å². The van der Waals surface area contributed by atoms with E-state index in [0.717, 1.165) is 15.6 Å². The van der Waals surface area contributed by atoms with Gasteiger partial charge in [0.2, 0.25) is 0 Å². The Morgan fingerprint density at radius 3 is 2.70 bits per heavy atom. The molecule has 2 heterocycles. The highest BCUT2D eigenvalue weighted by Gasteiger charge is 2.17. The summed E-state index contributed by atoms with van der Waals surface area (Å²) in [6.45, 7) is 5.83. The van der Waals surface area contributed by atoms with Gasteiger partial charge in [-0.2, -0.15) is 0 Å². The maximum absolute atomic E-state index is 12.2. The molecular formula is C13H17N5OS. The van der Waals surface area contributed by atoms with E-state index in [1.165, 1.54) is 0 Å². The maximum atomic E-state index is 12.2. The number of hydrogen-bond acceptors (Lipinski definition) is 6. The monoisotopic (exact) mass is 291 g/mol. The van der Waals surface area contributed by atoms with Crippen LogP contribution in [-0.4, -0.2) is 15.9 Å². The molecule has 1 amide bonds. The first kappa shape index (κ1) is 14.4. The third-order valence-corrected chi connectivity index (χ3v) is 4.07. The highest BCUT2D eigenvalue weighted by Crippen LogP contribution is 2.24. The second-order valence-electron chi connectivity index (χ2n) is 4.43. The highest BCUT2D eigenvalue weighted by atomic mass is 32.1. The van der Waals surface area contributed by atoms with E-state index in [1.54, 1.807) is 29.5 Å². The number of thiazole rings is 1. The maximum Gasteiger partial charge on any atom is 0.270 e. The van der Waals surface area contributed by atoms with E-state index in [-0.39, 0.29) is 11.9 Å². The number of nitrogens with two attached hydrogens (primary N) is 1. The average Bonchev–Trinajstić information content (AvgIpc) is 2.77. The van der Waals surface area contributed by atoms with E-state index >= 15 is 0 Å². The summed E-state index contributed by atoms with van der Waals surface area (Å²) in [6, 6.07) is 4.96. The van der Waals surface area contributed by atoms with Crippen molar-refractivity contribution in [2.45, 2.75) is 26.8 Å². The van der Waals surface area contributed by atoms with Crippen molar-refractivity contribution in [3.05, 3.63) is 39.5 Å². The number of carbonyl (C=O) groups excluding carboxylic acids is 1. The molecule has 0 fully saturated rings. The fraction of sp³-hybridized carbons (Fsp3) is 0.308. The molecule has 6 nitrogen and oxygen atoms in total. The lowest BCUT2D eigenvalue weighted by atomic mass is 10.2. The average molecular weight is 291 g/mol. The topological polar surface area (TPSA) is 92.9 Å². The Hall–Kier alpha value is -1.99. The molecule has 2 aromatic heterocycles. The number of rotatable bonds is 4. The first-order valence-corrected chi connectivity index (χ1v) is 7.01. The van der Waals surface area contributed by atoms with Crippen molar-refractivity contribution < 1.29 is 4.79 Å². The second-order valence-corrected chi connectivity index (χ2v) is 5.66. The van der Waals surface area contributed by atoms with Gasteiger partial charge in [0.05, 0.1) is 16.7 Å². The number of aromatic nitrogens is 2. The first-order valence-electron chi connectivity index (χ1n) is 6.19. The zero-order chi connectivity index (χ0) is 14.7. The van der Waals surface area contributed by atoms with Gasteiger partial charge in [-0.3, -0.25) is 4.79 Å². The molecule has 7 heteroatoms. The second kappa shape index (κ2) is 5.98. The molecule has 106 valence electrons. The summed E-state index contributed by atoms with van der Waals surface area (Å²) in [7, 11) is 0. The normalized spacial score (nSPS) is 12.0. The molecule has 2 aromatic rings. The third kappa shape index (κ3) is 3.12. The first-order chi connectivity index (χ1) is 9.51. The number of anilines is 1. The molecular weight excluding hydrogens is 274 g/mol. The van der Waals surface area contributed by atoms with Crippen molar-refractivity contribution in [1.29, 1.82) is 0 Å². The van der Waals surface area contributed by atoms with Crippen molar-refractivity contribution in [3.8, 4) is 0 Å². The molecule has 0 aromatic carbocycles. The van der Waals surface area contributed by atoms with E-state index in [0.29, 0.717) is 11.5 Å². The standard InChI is InChI=1S/C13H17N5OS/c1-7-12(20-9(3)15-7)8(2)16-13(19)10-5-4-6-11(17-10)18-14/h4-6,8H,14H2,1-3H3,(H,16,19)(H,17,18). The van der Waals surface area contributed by atoms with Crippen LogP contribution in [0, 0.1) is 13.8 Å². The molecule has 0 saturated carbocycles. The van der Waals surface area contributed by atoms with Crippen molar-refractivity contribution in [3.63, 3.8) is 0 Å². The van der Waals surface area contributed by atoms with Crippen molar-refractivity contribution in [1.82, 2.24) is 15.3 Å². The molecule has 1 atom stereocenters. The summed E-state index contributed by atoms with van der Waals surface area (Å²) in [5.41, 5.74) is 3.70. The van der Waals surface area contributed by atoms with Crippen LogP contribution in [0.2, 0.25) is 0 Å². The van der Waals surface area contributed by atoms with E-state index in [9.17, 15) is 4.79 Å². The SMILES string of the molecule is Cc1nc(C)c(C(C)NC(=O)c2cccc(NN)n2)s1. The number of aryl methyl sites for hydroxylation is 2. The van der Waals surface area contributed by atoms with Crippen LogP contribution in [-0.2, 0) is 0 Å². The van der Waals surface area contributed by atoms with Crippen LogP contribution >= 0.6 is 11.3 Å². The molecule has 0 radical (unpaired) electrons. The minimum absolute atomic E-state index is 0.106. The van der Waals surface area contributed by atoms with Gasteiger partial charge in [0.15, 0.2) is 0 Å². The van der Waals surface area contributed by atoms with Crippen molar-refractivity contribution in [2.75, 3.05) is 5.43 Å². The van der Waals surface area contributed by atoms with Crippen LogP contribution in [0.25, 0.3) is 0 Å². The van der Waals surface area contributed by atoms with E-state index in [4.69, 9.17) is 5.84 Å². The molecule has 1 unspecified atom stereocenters. The van der Waals surface area contributed by atoms with Crippen LogP contribution in [0.1, 0.15) is 39.0 Å². The summed E-state index contributed by atoms with van der Waals surface area (Å²) in [5, 5.41) is 3.91. The number of hydrogen-bond donors (Lipinski definition) is 3. The van der Waals surface area contributed by atoms with Crippen LogP contribution in [0.3, 0.4) is 0 Å². The Morgan fingerprint density at radius 1 is 1.35 bits per heavy atom. The summed E-state index contributed by atoms with van der Waals surface area (Å²) in [4.78, 5) is 21.7. The molecule has 0 aliphatic rings. The zero-order valence-corrected chi connectivity index (χ0v) is 12.4. The summed E-state index contributed by atoms with van der Waals surface area (Å²) >= 11 is 1.59. The van der Waals surface area contributed by atoms with Gasteiger partial charge in [0.25, 0.3) is 5.91 Å². The molecule has 0 saturated heterocycles. The van der Waals surface area contributed by atoms with Crippen molar-refractivity contribution >= 4 is 23.1 Å². The minimum Gasteiger partial charge on any atom is -0.343 e. The van der Waals surface area contributed by atoms with Gasteiger partial charge in [0.1, 0.15) is 11.5 Å². The lowest BCUT2D eigenvalue weighted by Gasteiger charge is -2.13. The van der Waals surface area contributed by atoms with Crippen molar-refractivity contribution in [2.24, 2.45) is 5.84 Å². The Bertz CT molecular complexity index is 625. The third-order valence-electron chi connectivity index (χ3n) is 2.81. The number of carbonyl (C=O) groups is 1. The quantitative estimate of drug-likeness (QED) is 0.591. The van der Waals surface area contributed by atoms with Gasteiger partial charge in [-0.1, -0.05) is 6.07 Å². The molecule has 0 aliphatic heterocycles. The fourth-order valence-electron chi connectivity index (χ4n) is 1.93. The number of amides is 1. The highest BCUT2D eigenvalue weighted by molar-refractivity contribution is 7.11. The van der Waals surface area contributed by atoms with Gasteiger partial charge < -0.3 is 10.7 Å². The largest absolute Gasteiger partial charge is 0.343 e. The van der Waals surface area contributed by atoms with E-state index in [2.05, 4.69) is 20.7 Å². The number of pyridine rings is 1. The minimum atomic E-state index is -0.236. The molecule has 0 spiro atoms.